The van der Waals surface area contributed by atoms with Crippen LogP contribution in [0.25, 0.3) is 0 Å². The zero-order valence-electron chi connectivity index (χ0n) is 10.5. The van der Waals surface area contributed by atoms with Gasteiger partial charge in [-0.25, -0.2) is 0 Å². The van der Waals surface area contributed by atoms with E-state index in [4.69, 9.17) is 5.73 Å². The molecule has 0 radical (unpaired) electrons. The van der Waals surface area contributed by atoms with Crippen molar-refractivity contribution in [1.82, 2.24) is 9.80 Å². The van der Waals surface area contributed by atoms with E-state index < -0.39 is 0 Å². The van der Waals surface area contributed by atoms with Gasteiger partial charge in [0.1, 0.15) is 4.88 Å². The second-order valence-electron chi connectivity index (χ2n) is 5.24. The average molecular weight is 265 g/mol. The summed E-state index contributed by atoms with van der Waals surface area (Å²) < 4.78 is 0. The van der Waals surface area contributed by atoms with Crippen molar-refractivity contribution in [1.29, 1.82) is 0 Å². The fraction of sp³-hybridized carbons (Fsp3) is 0.615. The lowest BCUT2D eigenvalue weighted by Gasteiger charge is -2.34. The number of nitrogen functional groups attached to an aromatic ring is 1. The molecule has 1 saturated heterocycles. The second kappa shape index (κ2) is 4.90. The van der Waals surface area contributed by atoms with Gasteiger partial charge in [0.05, 0.1) is 5.69 Å². The minimum absolute atomic E-state index is 0.105. The van der Waals surface area contributed by atoms with Crippen LogP contribution in [0.15, 0.2) is 11.4 Å². The summed E-state index contributed by atoms with van der Waals surface area (Å²) in [6.07, 6.45) is 2.79. The third-order valence-corrected chi connectivity index (χ3v) is 4.68. The Bertz CT molecular complexity index is 433. The molecule has 2 N–H and O–H groups in total. The Balaban J connectivity index is 1.55. The third-order valence-electron chi connectivity index (χ3n) is 3.76. The SMILES string of the molecule is Nc1ccsc1C(=O)N1CCN(CC2CC2)CC1. The zero-order chi connectivity index (χ0) is 12.5. The topological polar surface area (TPSA) is 49.6 Å². The first-order valence-electron chi connectivity index (χ1n) is 6.58. The van der Waals surface area contributed by atoms with E-state index in [-0.39, 0.29) is 5.91 Å². The van der Waals surface area contributed by atoms with Crippen LogP contribution in [0.2, 0.25) is 0 Å². The number of amides is 1. The molecule has 0 unspecified atom stereocenters. The molecular weight excluding hydrogens is 246 g/mol. The standard InChI is InChI=1S/C13H19N3OS/c14-11-3-8-18-12(11)13(17)16-6-4-15(5-7-16)9-10-1-2-10/h3,8,10H,1-2,4-7,9,14H2. The van der Waals surface area contributed by atoms with Crippen molar-refractivity contribution in [3.63, 3.8) is 0 Å². The van der Waals surface area contributed by atoms with Crippen LogP contribution in [0.1, 0.15) is 22.5 Å². The maximum Gasteiger partial charge on any atom is 0.266 e. The van der Waals surface area contributed by atoms with E-state index in [1.54, 1.807) is 6.07 Å². The fourth-order valence-electron chi connectivity index (χ4n) is 2.44. The van der Waals surface area contributed by atoms with Gasteiger partial charge in [-0.05, 0) is 30.2 Å². The van der Waals surface area contributed by atoms with Crippen LogP contribution in [0.5, 0.6) is 0 Å². The fourth-order valence-corrected chi connectivity index (χ4v) is 3.22. The van der Waals surface area contributed by atoms with Crippen LogP contribution in [-0.4, -0.2) is 48.4 Å². The van der Waals surface area contributed by atoms with E-state index in [0.29, 0.717) is 10.6 Å². The quantitative estimate of drug-likeness (QED) is 0.901. The molecule has 2 aliphatic rings. The number of anilines is 1. The van der Waals surface area contributed by atoms with E-state index in [9.17, 15) is 4.79 Å². The molecule has 4 nitrogen and oxygen atoms in total. The Morgan fingerprint density at radius 1 is 1.33 bits per heavy atom. The Kier molecular flexibility index (Phi) is 3.26. The third kappa shape index (κ3) is 2.52. The molecule has 3 rings (SSSR count). The van der Waals surface area contributed by atoms with Gasteiger partial charge in [0.2, 0.25) is 0 Å². The van der Waals surface area contributed by atoms with E-state index in [1.807, 2.05) is 10.3 Å². The smallest absolute Gasteiger partial charge is 0.266 e. The highest BCUT2D eigenvalue weighted by molar-refractivity contribution is 7.12. The van der Waals surface area contributed by atoms with Crippen molar-refractivity contribution in [2.75, 3.05) is 38.5 Å². The van der Waals surface area contributed by atoms with E-state index in [2.05, 4.69) is 4.90 Å². The first-order chi connectivity index (χ1) is 8.74. The Labute approximate surface area is 111 Å². The molecular formula is C13H19N3OS. The summed E-state index contributed by atoms with van der Waals surface area (Å²) in [5.74, 6) is 1.04. The van der Waals surface area contributed by atoms with Crippen molar-refractivity contribution < 1.29 is 4.79 Å². The van der Waals surface area contributed by atoms with E-state index >= 15 is 0 Å². The molecule has 1 aliphatic carbocycles. The number of nitrogens with two attached hydrogens (primary N) is 1. The van der Waals surface area contributed by atoms with Crippen LogP contribution < -0.4 is 5.73 Å². The first kappa shape index (κ1) is 12.0. The predicted octanol–water partition coefficient (Wildman–Crippen LogP) is 1.50. The van der Waals surface area contributed by atoms with Gasteiger partial charge < -0.3 is 10.6 Å². The molecule has 2 fully saturated rings. The van der Waals surface area contributed by atoms with Gasteiger partial charge in [0.15, 0.2) is 0 Å². The summed E-state index contributed by atoms with van der Waals surface area (Å²) in [7, 11) is 0. The van der Waals surface area contributed by atoms with Gasteiger partial charge in [-0.2, -0.15) is 0 Å². The molecule has 2 heterocycles. The molecule has 0 spiro atoms. The lowest BCUT2D eigenvalue weighted by Crippen LogP contribution is -2.49. The highest BCUT2D eigenvalue weighted by atomic mass is 32.1. The lowest BCUT2D eigenvalue weighted by atomic mass is 10.2. The normalized spacial score (nSPS) is 21.2. The first-order valence-corrected chi connectivity index (χ1v) is 7.46. The molecule has 0 atom stereocenters. The zero-order valence-corrected chi connectivity index (χ0v) is 11.3. The Hall–Kier alpha value is -1.07. The minimum atomic E-state index is 0.105. The number of hydrogen-bond acceptors (Lipinski definition) is 4. The molecule has 0 aromatic carbocycles. The van der Waals surface area contributed by atoms with Crippen molar-refractivity contribution in [2.24, 2.45) is 5.92 Å². The van der Waals surface area contributed by atoms with Gasteiger partial charge in [-0.1, -0.05) is 0 Å². The molecule has 1 aromatic heterocycles. The summed E-state index contributed by atoms with van der Waals surface area (Å²) in [6.45, 7) is 4.91. The van der Waals surface area contributed by atoms with Crippen LogP contribution in [0.4, 0.5) is 5.69 Å². The maximum absolute atomic E-state index is 12.3. The number of nitrogens with zero attached hydrogens (tertiary/aromatic N) is 2. The summed E-state index contributed by atoms with van der Waals surface area (Å²) >= 11 is 1.44. The Morgan fingerprint density at radius 2 is 2.06 bits per heavy atom. The largest absolute Gasteiger partial charge is 0.397 e. The van der Waals surface area contributed by atoms with Crippen LogP contribution in [-0.2, 0) is 0 Å². The predicted molar refractivity (Wildman–Crippen MR) is 73.8 cm³/mol. The molecule has 0 bridgehead atoms. The van der Waals surface area contributed by atoms with Gasteiger partial charge in [-0.3, -0.25) is 9.69 Å². The monoisotopic (exact) mass is 265 g/mol. The molecule has 1 amide bonds. The Morgan fingerprint density at radius 3 is 2.61 bits per heavy atom. The van der Waals surface area contributed by atoms with Crippen molar-refractivity contribution in [3.05, 3.63) is 16.3 Å². The van der Waals surface area contributed by atoms with Gasteiger partial charge in [0.25, 0.3) is 5.91 Å². The molecule has 1 aromatic rings. The summed E-state index contributed by atoms with van der Waals surface area (Å²) in [5.41, 5.74) is 6.42. The highest BCUT2D eigenvalue weighted by Gasteiger charge is 2.28. The van der Waals surface area contributed by atoms with Crippen LogP contribution in [0.3, 0.4) is 0 Å². The van der Waals surface area contributed by atoms with E-state index in [1.165, 1.54) is 30.7 Å². The second-order valence-corrected chi connectivity index (χ2v) is 6.16. The number of carbonyl (C=O) groups is 1. The number of thiophene rings is 1. The maximum atomic E-state index is 12.3. The van der Waals surface area contributed by atoms with Crippen molar-refractivity contribution in [3.8, 4) is 0 Å². The molecule has 18 heavy (non-hydrogen) atoms. The number of carbonyl (C=O) groups excluding carboxylic acids is 1. The number of hydrogen-bond donors (Lipinski definition) is 1. The van der Waals surface area contributed by atoms with Gasteiger partial charge in [0, 0.05) is 32.7 Å². The minimum Gasteiger partial charge on any atom is -0.397 e. The van der Waals surface area contributed by atoms with Gasteiger partial charge in [-0.15, -0.1) is 11.3 Å². The van der Waals surface area contributed by atoms with Crippen LogP contribution >= 0.6 is 11.3 Å². The van der Waals surface area contributed by atoms with Crippen molar-refractivity contribution >= 4 is 22.9 Å². The number of rotatable bonds is 3. The summed E-state index contributed by atoms with van der Waals surface area (Å²) in [5, 5.41) is 1.88. The molecule has 1 saturated carbocycles. The summed E-state index contributed by atoms with van der Waals surface area (Å²) in [4.78, 5) is 17.4. The van der Waals surface area contributed by atoms with E-state index in [0.717, 1.165) is 32.1 Å². The molecule has 98 valence electrons. The lowest BCUT2D eigenvalue weighted by molar-refractivity contribution is 0.0637. The molecule has 5 heteroatoms. The summed E-state index contributed by atoms with van der Waals surface area (Å²) in [6, 6.07) is 1.81. The van der Waals surface area contributed by atoms with Crippen LogP contribution in [0, 0.1) is 5.92 Å². The molecule has 1 aliphatic heterocycles. The van der Waals surface area contributed by atoms with Gasteiger partial charge >= 0.3 is 0 Å². The average Bonchev–Trinajstić information content (AvgIpc) is 3.09. The highest BCUT2D eigenvalue weighted by Crippen LogP contribution is 2.30. The number of piperazine rings is 1. The van der Waals surface area contributed by atoms with Crippen molar-refractivity contribution in [2.45, 2.75) is 12.8 Å².